The average molecular weight is 220 g/mol. The molecule has 1 aliphatic heterocycles. The topological polar surface area (TPSA) is 102 Å². The van der Waals surface area contributed by atoms with Gasteiger partial charge in [-0.3, -0.25) is 9.78 Å². The Morgan fingerprint density at radius 1 is 1.00 bits per heavy atom. The van der Waals surface area contributed by atoms with Crippen molar-refractivity contribution in [1.29, 1.82) is 0 Å². The molecule has 15 heavy (non-hydrogen) atoms. The number of ether oxygens (including phenoxy) is 1. The number of hydrogen-bond acceptors (Lipinski definition) is 7. The van der Waals surface area contributed by atoms with Crippen LogP contribution < -0.4 is 0 Å². The van der Waals surface area contributed by atoms with Gasteiger partial charge in [-0.15, -0.1) is 0 Å². The molecule has 0 aromatic heterocycles. The summed E-state index contributed by atoms with van der Waals surface area (Å²) < 4.78 is 5.02. The minimum atomic E-state index is -1.03. The lowest BCUT2D eigenvalue weighted by atomic mass is 9.90. The Labute approximate surface area is 85.4 Å². The Bertz CT molecular complexity index is 238. The van der Waals surface area contributed by atoms with E-state index >= 15 is 0 Å². The van der Waals surface area contributed by atoms with Gasteiger partial charge in [0, 0.05) is 0 Å². The van der Waals surface area contributed by atoms with Crippen molar-refractivity contribution < 1.29 is 34.6 Å². The van der Waals surface area contributed by atoms with Crippen molar-refractivity contribution in [2.24, 2.45) is 11.8 Å². The first-order chi connectivity index (χ1) is 7.02. The third-order valence-electron chi connectivity index (χ3n) is 2.72. The van der Waals surface area contributed by atoms with Gasteiger partial charge in [0.2, 0.25) is 0 Å². The second-order valence-electron chi connectivity index (χ2n) is 3.52. The van der Waals surface area contributed by atoms with E-state index in [-0.39, 0.29) is 11.8 Å². The molecule has 0 amide bonds. The van der Waals surface area contributed by atoms with Gasteiger partial charge < -0.3 is 4.74 Å². The molecule has 1 rings (SSSR count). The lowest BCUT2D eigenvalue weighted by molar-refractivity contribution is -0.252. The molecule has 4 unspecified atom stereocenters. The predicted molar refractivity (Wildman–Crippen MR) is 44.4 cm³/mol. The van der Waals surface area contributed by atoms with Crippen LogP contribution in [0.3, 0.4) is 0 Å². The molecule has 0 aliphatic carbocycles. The lowest BCUT2D eigenvalue weighted by Gasteiger charge is -2.12. The zero-order valence-corrected chi connectivity index (χ0v) is 8.25. The van der Waals surface area contributed by atoms with E-state index in [0.29, 0.717) is 0 Å². The summed E-state index contributed by atoms with van der Waals surface area (Å²) in [6.07, 6.45) is -2.07. The van der Waals surface area contributed by atoms with Crippen molar-refractivity contribution in [1.82, 2.24) is 0 Å². The van der Waals surface area contributed by atoms with Crippen LogP contribution in [0.2, 0.25) is 0 Å². The van der Waals surface area contributed by atoms with Crippen molar-refractivity contribution in [3.63, 3.8) is 0 Å². The van der Waals surface area contributed by atoms with Crippen molar-refractivity contribution in [3.8, 4) is 0 Å². The van der Waals surface area contributed by atoms with E-state index in [0.717, 1.165) is 0 Å². The summed E-state index contributed by atoms with van der Waals surface area (Å²) in [6, 6.07) is 0. The maximum Gasteiger partial charge on any atom is 0.370 e. The van der Waals surface area contributed by atoms with Gasteiger partial charge in [-0.25, -0.2) is 9.59 Å². The van der Waals surface area contributed by atoms with Gasteiger partial charge in [0.1, 0.15) is 0 Å². The highest BCUT2D eigenvalue weighted by Gasteiger charge is 2.48. The number of carbonyl (C=O) groups excluding carboxylic acids is 2. The van der Waals surface area contributed by atoms with Gasteiger partial charge in [0.05, 0.1) is 0 Å². The molecule has 0 radical (unpaired) electrons. The second-order valence-corrected chi connectivity index (χ2v) is 3.52. The largest absolute Gasteiger partial charge is 0.370 e. The smallest absolute Gasteiger partial charge is 0.351 e. The summed E-state index contributed by atoms with van der Waals surface area (Å²) in [5.74, 6) is -2.59. The SMILES string of the molecule is CC1C(C(=O)OO)OC(C(=O)OO)C1C. The fourth-order valence-corrected chi connectivity index (χ4v) is 1.60. The highest BCUT2D eigenvalue weighted by molar-refractivity contribution is 5.79. The highest BCUT2D eigenvalue weighted by atomic mass is 17.1. The first-order valence-electron chi connectivity index (χ1n) is 4.39. The first-order valence-corrected chi connectivity index (χ1v) is 4.39. The number of hydrogen-bond donors (Lipinski definition) is 2. The van der Waals surface area contributed by atoms with Gasteiger partial charge in [0.25, 0.3) is 0 Å². The van der Waals surface area contributed by atoms with Crippen LogP contribution in [0.5, 0.6) is 0 Å². The monoisotopic (exact) mass is 220 g/mol. The summed E-state index contributed by atoms with van der Waals surface area (Å²) in [4.78, 5) is 29.1. The molecule has 2 N–H and O–H groups in total. The van der Waals surface area contributed by atoms with E-state index < -0.39 is 24.1 Å². The van der Waals surface area contributed by atoms with E-state index in [2.05, 4.69) is 9.78 Å². The normalized spacial score (nSPS) is 34.9. The summed E-state index contributed by atoms with van der Waals surface area (Å²) in [7, 11) is 0. The van der Waals surface area contributed by atoms with Crippen LogP contribution in [0.1, 0.15) is 13.8 Å². The summed E-state index contributed by atoms with van der Waals surface area (Å²) >= 11 is 0. The zero-order valence-electron chi connectivity index (χ0n) is 8.25. The summed E-state index contributed by atoms with van der Waals surface area (Å²) in [5, 5.41) is 16.4. The highest BCUT2D eigenvalue weighted by Crippen LogP contribution is 2.33. The molecule has 86 valence electrons. The van der Waals surface area contributed by atoms with Crippen LogP contribution in [0, 0.1) is 11.8 Å². The van der Waals surface area contributed by atoms with E-state index in [1.54, 1.807) is 13.8 Å². The summed E-state index contributed by atoms with van der Waals surface area (Å²) in [6.45, 7) is 3.33. The maximum atomic E-state index is 11.0. The lowest BCUT2D eigenvalue weighted by Crippen LogP contribution is -2.29. The first kappa shape index (κ1) is 11.9. The third-order valence-corrected chi connectivity index (χ3v) is 2.72. The van der Waals surface area contributed by atoms with Crippen molar-refractivity contribution >= 4 is 11.9 Å². The van der Waals surface area contributed by atoms with E-state index in [1.807, 2.05) is 0 Å². The molecule has 1 saturated heterocycles. The molecule has 0 bridgehead atoms. The van der Waals surface area contributed by atoms with Gasteiger partial charge >= 0.3 is 11.9 Å². The van der Waals surface area contributed by atoms with Crippen LogP contribution in [-0.2, 0) is 24.1 Å². The van der Waals surface area contributed by atoms with Crippen molar-refractivity contribution in [2.75, 3.05) is 0 Å². The second kappa shape index (κ2) is 4.56. The molecule has 1 fully saturated rings. The van der Waals surface area contributed by atoms with Crippen LogP contribution in [0.15, 0.2) is 0 Å². The molecule has 1 aliphatic rings. The molecule has 0 aromatic carbocycles. The van der Waals surface area contributed by atoms with Gasteiger partial charge in [-0.05, 0) is 11.8 Å². The third kappa shape index (κ3) is 2.09. The Balaban J connectivity index is 2.75. The van der Waals surface area contributed by atoms with Gasteiger partial charge in [-0.1, -0.05) is 13.8 Å². The van der Waals surface area contributed by atoms with E-state index in [9.17, 15) is 9.59 Å². The minimum absolute atomic E-state index is 0.325. The molecule has 1 heterocycles. The molecule has 0 saturated carbocycles. The Morgan fingerprint density at radius 3 is 1.60 bits per heavy atom. The Kier molecular flexibility index (Phi) is 3.61. The van der Waals surface area contributed by atoms with E-state index in [4.69, 9.17) is 15.3 Å². The molecule has 0 spiro atoms. The van der Waals surface area contributed by atoms with Crippen LogP contribution in [0.4, 0.5) is 0 Å². The van der Waals surface area contributed by atoms with Crippen LogP contribution in [-0.4, -0.2) is 34.7 Å². The maximum absolute atomic E-state index is 11.0. The van der Waals surface area contributed by atoms with Crippen LogP contribution >= 0.6 is 0 Å². The fraction of sp³-hybridized carbons (Fsp3) is 0.750. The van der Waals surface area contributed by atoms with Gasteiger partial charge in [0.15, 0.2) is 12.2 Å². The molecule has 0 aromatic rings. The molecule has 7 heteroatoms. The number of rotatable bonds is 2. The fourth-order valence-electron chi connectivity index (χ4n) is 1.60. The van der Waals surface area contributed by atoms with Crippen molar-refractivity contribution in [3.05, 3.63) is 0 Å². The molecule has 7 nitrogen and oxygen atoms in total. The van der Waals surface area contributed by atoms with E-state index in [1.165, 1.54) is 0 Å². The standard InChI is InChI=1S/C8H12O7/c1-3-4(2)6(8(10)15-12)13-5(3)7(9)14-11/h3-6,11-12H,1-2H3. The Hall–Kier alpha value is -1.18. The summed E-state index contributed by atoms with van der Waals surface area (Å²) in [5.41, 5.74) is 0. The average Bonchev–Trinajstić information content (AvgIpc) is 2.54. The predicted octanol–water partition coefficient (Wildman–Crippen LogP) is 0.0584. The Morgan fingerprint density at radius 2 is 1.33 bits per heavy atom. The number of carbonyl (C=O) groups is 2. The molecule has 4 atom stereocenters. The van der Waals surface area contributed by atoms with Crippen molar-refractivity contribution in [2.45, 2.75) is 26.1 Å². The quantitative estimate of drug-likeness (QED) is 0.501. The zero-order chi connectivity index (χ0) is 11.6. The van der Waals surface area contributed by atoms with Gasteiger partial charge in [-0.2, -0.15) is 10.5 Å². The van der Waals surface area contributed by atoms with Crippen LogP contribution in [0.25, 0.3) is 0 Å². The minimum Gasteiger partial charge on any atom is -0.351 e. The molecular weight excluding hydrogens is 208 g/mol. The molecular formula is C8H12O7.